The van der Waals surface area contributed by atoms with Gasteiger partial charge in [0.1, 0.15) is 11.5 Å². The van der Waals surface area contributed by atoms with Crippen LogP contribution < -0.4 is 22.3 Å². The van der Waals surface area contributed by atoms with Crippen LogP contribution in [0.25, 0.3) is 0 Å². The molecule has 34 heavy (non-hydrogen) atoms. The van der Waals surface area contributed by atoms with Crippen molar-refractivity contribution in [3.05, 3.63) is 28.8 Å². The number of hydrogen-bond acceptors (Lipinski definition) is 5. The van der Waals surface area contributed by atoms with Gasteiger partial charge in [-0.05, 0) is 60.4 Å². The second kappa shape index (κ2) is 13.2. The molecule has 200 valence electrons. The summed E-state index contributed by atoms with van der Waals surface area (Å²) in [7, 11) is 0.936. The lowest BCUT2D eigenvalue weighted by Crippen LogP contribution is -3.00. The van der Waals surface area contributed by atoms with E-state index in [-0.39, 0.29) is 27.8 Å². The van der Waals surface area contributed by atoms with Crippen LogP contribution in [0.15, 0.2) is 12.1 Å². The number of benzene rings is 1. The number of halogens is 1. The first kappa shape index (κ1) is 33.6. The van der Waals surface area contributed by atoms with Crippen LogP contribution in [0.2, 0.25) is 0 Å². The molecule has 6 nitrogen and oxygen atoms in total. The van der Waals surface area contributed by atoms with E-state index in [2.05, 4.69) is 67.9 Å². The molecule has 0 spiro atoms. The van der Waals surface area contributed by atoms with Crippen molar-refractivity contribution >= 4 is 7.60 Å². The third kappa shape index (κ3) is 9.22. The Kier molecular flexibility index (Phi) is 13.0. The Hall–Kier alpha value is -0.430. The lowest BCUT2D eigenvalue weighted by atomic mass is 9.78. The van der Waals surface area contributed by atoms with E-state index < -0.39 is 13.4 Å². The number of phenolic OH excluding ortho intramolecular Hbond substituents is 1. The van der Waals surface area contributed by atoms with Crippen LogP contribution >= 0.6 is 7.60 Å². The summed E-state index contributed by atoms with van der Waals surface area (Å²) in [6.45, 7) is 21.7. The van der Waals surface area contributed by atoms with Gasteiger partial charge >= 0.3 is 7.60 Å². The van der Waals surface area contributed by atoms with Crippen molar-refractivity contribution in [1.29, 1.82) is 0 Å². The molecule has 0 radical (unpaired) electrons. The molecular formula is C26H50BrN2O4P. The fraction of sp³-hybridized carbons (Fsp3) is 0.769. The Bertz CT molecular complexity index is 771. The molecule has 0 heterocycles. The summed E-state index contributed by atoms with van der Waals surface area (Å²) >= 11 is 0. The van der Waals surface area contributed by atoms with E-state index >= 15 is 0 Å². The molecule has 0 aromatic heterocycles. The maximum Gasteiger partial charge on any atom is 0.351 e. The number of aromatic hydroxyl groups is 1. The highest BCUT2D eigenvalue weighted by Crippen LogP contribution is 2.60. The Balaban J connectivity index is 0.0000109. The zero-order chi connectivity index (χ0) is 25.7. The number of nitrogens with zero attached hydrogens (tertiary/aromatic N) is 1. The van der Waals surface area contributed by atoms with Crippen molar-refractivity contribution < 1.29 is 40.2 Å². The van der Waals surface area contributed by atoms with Crippen LogP contribution in [0, 0.1) is 0 Å². The molecule has 1 aromatic carbocycles. The summed E-state index contributed by atoms with van der Waals surface area (Å²) in [6.07, 6.45) is 0.936. The average molecular weight is 566 g/mol. The third-order valence-corrected chi connectivity index (χ3v) is 8.48. The van der Waals surface area contributed by atoms with Gasteiger partial charge in [0.05, 0.1) is 40.4 Å². The molecule has 1 unspecified atom stereocenters. The number of rotatable bonds is 12. The zero-order valence-electron chi connectivity index (χ0n) is 23.4. The van der Waals surface area contributed by atoms with Crippen LogP contribution in [0.3, 0.4) is 0 Å². The predicted octanol–water partition coefficient (Wildman–Crippen LogP) is 3.33. The minimum absolute atomic E-state index is 0. The third-order valence-electron chi connectivity index (χ3n) is 6.13. The fourth-order valence-corrected chi connectivity index (χ4v) is 5.78. The van der Waals surface area contributed by atoms with Crippen LogP contribution in [-0.2, 0) is 24.4 Å². The Labute approximate surface area is 219 Å². The minimum Gasteiger partial charge on any atom is -1.00 e. The van der Waals surface area contributed by atoms with E-state index in [1.807, 2.05) is 26.0 Å². The quantitative estimate of drug-likeness (QED) is 0.231. The second-order valence-electron chi connectivity index (χ2n) is 11.5. The number of phenols is 1. The molecule has 0 amide bonds. The van der Waals surface area contributed by atoms with Gasteiger partial charge < -0.3 is 35.6 Å². The predicted molar refractivity (Wildman–Crippen MR) is 139 cm³/mol. The van der Waals surface area contributed by atoms with Gasteiger partial charge in [-0.1, -0.05) is 41.5 Å². The largest absolute Gasteiger partial charge is 1.00 e. The Morgan fingerprint density at radius 1 is 0.971 bits per heavy atom. The summed E-state index contributed by atoms with van der Waals surface area (Å²) in [4.78, 5) is 0. The van der Waals surface area contributed by atoms with Gasteiger partial charge in [-0.3, -0.25) is 9.88 Å². The van der Waals surface area contributed by atoms with E-state index in [4.69, 9.17) is 9.05 Å². The molecule has 2 N–H and O–H groups in total. The van der Waals surface area contributed by atoms with Crippen LogP contribution in [-0.4, -0.2) is 56.5 Å². The van der Waals surface area contributed by atoms with Gasteiger partial charge in [-0.25, -0.2) is 0 Å². The van der Waals surface area contributed by atoms with E-state index in [1.165, 1.54) is 0 Å². The molecule has 1 aromatic rings. The molecule has 0 fully saturated rings. The standard InChI is InChI=1S/C26H49N2O4P.BrH/c1-12-28(10,11)17-15-16-27-24(33(30,31-13-2)32-14-3)20-18-21(25(4,5)6)23(29)22(19-20)26(7,8)9;/h18-19,24,27H,12-17H2,1-11H3;1H. The van der Waals surface area contributed by atoms with Crippen molar-refractivity contribution in [3.63, 3.8) is 0 Å². The summed E-state index contributed by atoms with van der Waals surface area (Å²) in [5.41, 5.74) is 1.93. The molecular weight excluding hydrogens is 515 g/mol. The molecule has 0 aliphatic rings. The summed E-state index contributed by atoms with van der Waals surface area (Å²) in [5.74, 6) is -0.306. The highest BCUT2D eigenvalue weighted by Gasteiger charge is 2.39. The first-order valence-electron chi connectivity index (χ1n) is 12.3. The van der Waals surface area contributed by atoms with Crippen molar-refractivity contribution in [2.75, 3.05) is 46.9 Å². The zero-order valence-corrected chi connectivity index (χ0v) is 25.9. The van der Waals surface area contributed by atoms with Gasteiger partial charge in [0.2, 0.25) is 0 Å². The smallest absolute Gasteiger partial charge is 0.351 e. The summed E-state index contributed by atoms with van der Waals surface area (Å²) < 4.78 is 26.5. The van der Waals surface area contributed by atoms with E-state index in [0.29, 0.717) is 25.5 Å². The number of quaternary nitrogens is 1. The Morgan fingerprint density at radius 2 is 1.41 bits per heavy atom. The SMILES string of the molecule is CCOP(=O)(OCC)C(NCCC[N+](C)(C)CC)c1cc(C(C)(C)C)c(O)c(C(C)(C)C)c1.[Br-]. The lowest BCUT2D eigenvalue weighted by Gasteiger charge is -2.33. The topological polar surface area (TPSA) is 67.8 Å². The number of nitrogens with one attached hydrogen (secondary N) is 1. The van der Waals surface area contributed by atoms with Crippen LogP contribution in [0.4, 0.5) is 0 Å². The molecule has 8 heteroatoms. The van der Waals surface area contributed by atoms with Gasteiger partial charge in [0.15, 0.2) is 0 Å². The van der Waals surface area contributed by atoms with Crippen LogP contribution in [0.5, 0.6) is 5.75 Å². The highest BCUT2D eigenvalue weighted by atomic mass is 79.9. The molecule has 0 saturated heterocycles. The first-order chi connectivity index (χ1) is 15.0. The minimum atomic E-state index is -3.50. The maximum atomic E-state index is 14.0. The Morgan fingerprint density at radius 3 is 1.76 bits per heavy atom. The average Bonchev–Trinajstić information content (AvgIpc) is 2.67. The van der Waals surface area contributed by atoms with Crippen molar-refractivity contribution in [3.8, 4) is 5.75 Å². The van der Waals surface area contributed by atoms with Crippen molar-refractivity contribution in [2.24, 2.45) is 0 Å². The molecule has 0 bridgehead atoms. The van der Waals surface area contributed by atoms with Crippen LogP contribution in [0.1, 0.15) is 91.2 Å². The monoisotopic (exact) mass is 564 g/mol. The van der Waals surface area contributed by atoms with E-state index in [1.54, 1.807) is 0 Å². The lowest BCUT2D eigenvalue weighted by molar-refractivity contribution is -0.888. The highest BCUT2D eigenvalue weighted by molar-refractivity contribution is 7.54. The normalized spacial score (nSPS) is 14.1. The summed E-state index contributed by atoms with van der Waals surface area (Å²) in [6, 6.07) is 3.94. The summed E-state index contributed by atoms with van der Waals surface area (Å²) in [5, 5.41) is 14.7. The number of hydrogen-bond donors (Lipinski definition) is 2. The van der Waals surface area contributed by atoms with Gasteiger partial charge in [0, 0.05) is 13.0 Å². The molecule has 0 aliphatic carbocycles. The molecule has 0 saturated carbocycles. The second-order valence-corrected chi connectivity index (χ2v) is 13.6. The fourth-order valence-electron chi connectivity index (χ4n) is 3.82. The molecule has 1 rings (SSSR count). The van der Waals surface area contributed by atoms with E-state index in [9.17, 15) is 9.67 Å². The maximum absolute atomic E-state index is 14.0. The molecule has 1 atom stereocenters. The van der Waals surface area contributed by atoms with Gasteiger partial charge in [0.25, 0.3) is 0 Å². The van der Waals surface area contributed by atoms with Crippen molar-refractivity contribution in [2.45, 2.75) is 85.3 Å². The molecule has 0 aliphatic heterocycles. The van der Waals surface area contributed by atoms with Crippen molar-refractivity contribution in [1.82, 2.24) is 5.32 Å². The van der Waals surface area contributed by atoms with Gasteiger partial charge in [-0.2, -0.15) is 0 Å². The van der Waals surface area contributed by atoms with Gasteiger partial charge in [-0.15, -0.1) is 0 Å². The van der Waals surface area contributed by atoms with E-state index in [0.717, 1.165) is 40.7 Å². The first-order valence-corrected chi connectivity index (χ1v) is 14.0.